The number of rotatable bonds is 3. The lowest BCUT2D eigenvalue weighted by atomic mass is 10.1. The molecule has 0 saturated heterocycles. The Morgan fingerprint density at radius 1 is 1.09 bits per heavy atom. The van der Waals surface area contributed by atoms with Gasteiger partial charge in [0.05, 0.1) is 0 Å². The maximum Gasteiger partial charge on any atom is 0.256 e. The molecule has 1 aromatic heterocycles. The van der Waals surface area contributed by atoms with Crippen molar-refractivity contribution >= 4 is 16.8 Å². The summed E-state index contributed by atoms with van der Waals surface area (Å²) < 4.78 is 0. The van der Waals surface area contributed by atoms with Crippen LogP contribution in [0, 0.1) is 0 Å². The third-order valence-electron chi connectivity index (χ3n) is 4.32. The highest BCUT2D eigenvalue weighted by atomic mass is 16.3. The number of aromatic nitrogens is 1. The minimum atomic E-state index is -0.839. The number of hydrogen-bond acceptors (Lipinski definition) is 2. The molecule has 4 heteroatoms. The van der Waals surface area contributed by atoms with Gasteiger partial charge in [0.2, 0.25) is 0 Å². The first-order valence-electron chi connectivity index (χ1n) is 7.38. The summed E-state index contributed by atoms with van der Waals surface area (Å²) in [7, 11) is 0. The van der Waals surface area contributed by atoms with Crippen molar-refractivity contribution < 1.29 is 9.90 Å². The van der Waals surface area contributed by atoms with E-state index < -0.39 is 6.23 Å². The van der Waals surface area contributed by atoms with Crippen molar-refractivity contribution in [1.29, 1.82) is 0 Å². The monoisotopic (exact) mass is 292 g/mol. The van der Waals surface area contributed by atoms with Crippen molar-refractivity contribution in [3.8, 4) is 0 Å². The van der Waals surface area contributed by atoms with Gasteiger partial charge in [-0.1, -0.05) is 36.4 Å². The zero-order valence-electron chi connectivity index (χ0n) is 12.0. The molecule has 1 unspecified atom stereocenters. The Bertz CT molecular complexity index is 853. The van der Waals surface area contributed by atoms with Crippen molar-refractivity contribution in [1.82, 2.24) is 9.88 Å². The van der Waals surface area contributed by atoms with Crippen LogP contribution in [0.25, 0.3) is 10.9 Å². The number of carbonyl (C=O) groups is 1. The minimum Gasteiger partial charge on any atom is -0.369 e. The Hall–Kier alpha value is -2.59. The molecular formula is C18H16N2O2. The predicted molar refractivity (Wildman–Crippen MR) is 84.4 cm³/mol. The largest absolute Gasteiger partial charge is 0.369 e. The smallest absolute Gasteiger partial charge is 0.256 e. The van der Waals surface area contributed by atoms with Crippen molar-refractivity contribution in [2.24, 2.45) is 0 Å². The number of nitrogens with one attached hydrogen (secondary N) is 1. The topological polar surface area (TPSA) is 56.3 Å². The van der Waals surface area contributed by atoms with Gasteiger partial charge in [0.25, 0.3) is 5.91 Å². The fraction of sp³-hybridized carbons (Fsp3) is 0.167. The van der Waals surface area contributed by atoms with E-state index in [0.29, 0.717) is 24.1 Å². The number of aliphatic hydroxyl groups excluding tert-OH is 1. The van der Waals surface area contributed by atoms with E-state index in [9.17, 15) is 9.90 Å². The lowest BCUT2D eigenvalue weighted by Gasteiger charge is -2.20. The summed E-state index contributed by atoms with van der Waals surface area (Å²) in [5, 5.41) is 11.5. The third-order valence-corrected chi connectivity index (χ3v) is 4.32. The SMILES string of the molecule is O=C1c2ccccc2C(O)N1CCc1c[nH]c2ccccc12. The molecule has 4 nitrogen and oxygen atoms in total. The molecule has 3 aromatic rings. The summed E-state index contributed by atoms with van der Waals surface area (Å²) in [4.78, 5) is 17.2. The molecule has 110 valence electrons. The van der Waals surface area contributed by atoms with Crippen LogP contribution in [0.5, 0.6) is 0 Å². The Labute approximate surface area is 128 Å². The molecule has 0 radical (unpaired) electrons. The van der Waals surface area contributed by atoms with Crippen LogP contribution in [0.2, 0.25) is 0 Å². The maximum absolute atomic E-state index is 12.4. The van der Waals surface area contributed by atoms with Crippen LogP contribution in [0.1, 0.15) is 27.7 Å². The first-order valence-corrected chi connectivity index (χ1v) is 7.38. The number of benzene rings is 2. The molecule has 1 aliphatic heterocycles. The highest BCUT2D eigenvalue weighted by molar-refractivity contribution is 5.98. The van der Waals surface area contributed by atoms with E-state index in [1.54, 1.807) is 6.07 Å². The normalized spacial score (nSPS) is 17.2. The number of H-pyrrole nitrogens is 1. The van der Waals surface area contributed by atoms with Gasteiger partial charge in [0.1, 0.15) is 0 Å². The Morgan fingerprint density at radius 2 is 1.86 bits per heavy atom. The van der Waals surface area contributed by atoms with E-state index in [0.717, 1.165) is 11.1 Å². The molecule has 0 saturated carbocycles. The van der Waals surface area contributed by atoms with Gasteiger partial charge in [-0.15, -0.1) is 0 Å². The van der Waals surface area contributed by atoms with E-state index in [4.69, 9.17) is 0 Å². The summed E-state index contributed by atoms with van der Waals surface area (Å²) in [5.74, 6) is -0.0945. The average molecular weight is 292 g/mol. The molecular weight excluding hydrogens is 276 g/mol. The van der Waals surface area contributed by atoms with Crippen molar-refractivity contribution in [2.45, 2.75) is 12.6 Å². The van der Waals surface area contributed by atoms with Gasteiger partial charge in [-0.05, 0) is 24.1 Å². The number of carbonyl (C=O) groups excluding carboxylic acids is 1. The van der Waals surface area contributed by atoms with Crippen LogP contribution in [0.4, 0.5) is 0 Å². The van der Waals surface area contributed by atoms with Gasteiger partial charge in [0.15, 0.2) is 6.23 Å². The fourth-order valence-electron chi connectivity index (χ4n) is 3.15. The first-order chi connectivity index (χ1) is 10.8. The van der Waals surface area contributed by atoms with Crippen molar-refractivity contribution in [3.05, 3.63) is 71.4 Å². The van der Waals surface area contributed by atoms with Crippen LogP contribution >= 0.6 is 0 Å². The van der Waals surface area contributed by atoms with Crippen molar-refractivity contribution in [2.75, 3.05) is 6.54 Å². The van der Waals surface area contributed by atoms with E-state index in [1.807, 2.05) is 42.6 Å². The number of fused-ring (bicyclic) bond motifs is 2. The summed E-state index contributed by atoms with van der Waals surface area (Å²) in [6, 6.07) is 15.3. The molecule has 0 spiro atoms. The second-order valence-electron chi connectivity index (χ2n) is 5.57. The van der Waals surface area contributed by atoms with Gasteiger partial charge in [0, 0.05) is 34.8 Å². The summed E-state index contributed by atoms with van der Waals surface area (Å²) >= 11 is 0. The molecule has 2 heterocycles. The second kappa shape index (κ2) is 5.00. The third kappa shape index (κ3) is 1.92. The van der Waals surface area contributed by atoms with E-state index in [2.05, 4.69) is 11.1 Å². The Morgan fingerprint density at radius 3 is 2.73 bits per heavy atom. The van der Waals surface area contributed by atoms with Crippen LogP contribution in [-0.2, 0) is 6.42 Å². The van der Waals surface area contributed by atoms with E-state index in [-0.39, 0.29) is 5.91 Å². The standard InChI is InChI=1S/C18H16N2O2/c21-17-14-6-1-2-7-15(14)18(22)20(17)10-9-12-11-19-16-8-4-3-5-13(12)16/h1-8,11,17,19,21H,9-10H2. The second-order valence-corrected chi connectivity index (χ2v) is 5.57. The van der Waals surface area contributed by atoms with Gasteiger partial charge < -0.3 is 15.0 Å². The number of amides is 1. The molecule has 0 aliphatic carbocycles. The average Bonchev–Trinajstić information content (AvgIpc) is 3.07. The Balaban J connectivity index is 1.57. The highest BCUT2D eigenvalue weighted by Crippen LogP contribution is 2.31. The number of para-hydroxylation sites is 1. The highest BCUT2D eigenvalue weighted by Gasteiger charge is 2.34. The summed E-state index contributed by atoms with van der Waals surface area (Å²) in [6.07, 6.45) is 1.85. The van der Waals surface area contributed by atoms with E-state index >= 15 is 0 Å². The van der Waals surface area contributed by atoms with Gasteiger partial charge >= 0.3 is 0 Å². The number of aromatic amines is 1. The molecule has 4 rings (SSSR count). The molecule has 1 amide bonds. The lowest BCUT2D eigenvalue weighted by molar-refractivity contribution is 0.0183. The number of aliphatic hydroxyl groups is 1. The molecule has 0 fully saturated rings. The van der Waals surface area contributed by atoms with Crippen LogP contribution in [0.15, 0.2) is 54.7 Å². The molecule has 0 bridgehead atoms. The Kier molecular flexibility index (Phi) is 2.98. The molecule has 22 heavy (non-hydrogen) atoms. The maximum atomic E-state index is 12.4. The van der Waals surface area contributed by atoms with Gasteiger partial charge in [-0.25, -0.2) is 0 Å². The zero-order chi connectivity index (χ0) is 15.1. The van der Waals surface area contributed by atoms with Crippen LogP contribution < -0.4 is 0 Å². The lowest BCUT2D eigenvalue weighted by Crippen LogP contribution is -2.30. The number of hydrogen-bond donors (Lipinski definition) is 2. The van der Waals surface area contributed by atoms with Crippen LogP contribution in [0.3, 0.4) is 0 Å². The quantitative estimate of drug-likeness (QED) is 0.780. The molecule has 2 aromatic carbocycles. The van der Waals surface area contributed by atoms with Crippen molar-refractivity contribution in [3.63, 3.8) is 0 Å². The fourth-order valence-corrected chi connectivity index (χ4v) is 3.15. The van der Waals surface area contributed by atoms with Gasteiger partial charge in [-0.2, -0.15) is 0 Å². The van der Waals surface area contributed by atoms with Crippen LogP contribution in [-0.4, -0.2) is 27.4 Å². The van der Waals surface area contributed by atoms with Gasteiger partial charge in [-0.3, -0.25) is 4.79 Å². The minimum absolute atomic E-state index is 0.0945. The van der Waals surface area contributed by atoms with E-state index in [1.165, 1.54) is 10.3 Å². The first kappa shape index (κ1) is 13.1. The molecule has 1 aliphatic rings. The summed E-state index contributed by atoms with van der Waals surface area (Å²) in [5.41, 5.74) is 3.56. The zero-order valence-corrected chi connectivity index (χ0v) is 12.0. The summed E-state index contributed by atoms with van der Waals surface area (Å²) in [6.45, 7) is 0.497. The number of nitrogens with zero attached hydrogens (tertiary/aromatic N) is 1. The molecule has 1 atom stereocenters. The predicted octanol–water partition coefficient (Wildman–Crippen LogP) is 2.86. The molecule has 2 N–H and O–H groups in total.